The zero-order chi connectivity index (χ0) is 20.6. The smallest absolute Gasteiger partial charge is 0.340 e. The SMILES string of the molecule is Cc1ccc(F)cc1-n1nc(C(C)(C)C)cc1Nc1cccc(F)c1C(=O)O. The molecule has 0 atom stereocenters. The van der Waals surface area contributed by atoms with Crippen LogP contribution in [0.5, 0.6) is 0 Å². The van der Waals surface area contributed by atoms with Crippen molar-refractivity contribution in [2.24, 2.45) is 0 Å². The molecule has 0 fully saturated rings. The Kier molecular flexibility index (Phi) is 4.93. The fraction of sp³-hybridized carbons (Fsp3) is 0.238. The van der Waals surface area contributed by atoms with Crippen LogP contribution >= 0.6 is 0 Å². The third kappa shape index (κ3) is 3.74. The minimum Gasteiger partial charge on any atom is -0.478 e. The summed E-state index contributed by atoms with van der Waals surface area (Å²) in [6.45, 7) is 7.76. The van der Waals surface area contributed by atoms with E-state index in [1.807, 2.05) is 27.7 Å². The number of nitrogens with zero attached hydrogens (tertiary/aromatic N) is 2. The maximum absolute atomic E-state index is 14.0. The van der Waals surface area contributed by atoms with Gasteiger partial charge in [0.15, 0.2) is 0 Å². The fourth-order valence-corrected chi connectivity index (χ4v) is 2.81. The zero-order valence-corrected chi connectivity index (χ0v) is 16.0. The van der Waals surface area contributed by atoms with Crippen LogP contribution in [-0.2, 0) is 5.41 Å². The van der Waals surface area contributed by atoms with Gasteiger partial charge in [-0.2, -0.15) is 5.10 Å². The second kappa shape index (κ2) is 7.07. The third-order valence-corrected chi connectivity index (χ3v) is 4.37. The molecule has 3 aromatic rings. The average molecular weight is 385 g/mol. The van der Waals surface area contributed by atoms with Crippen molar-refractivity contribution in [2.45, 2.75) is 33.1 Å². The number of aromatic carboxylic acids is 1. The second-order valence-electron chi connectivity index (χ2n) is 7.60. The van der Waals surface area contributed by atoms with Crippen LogP contribution in [-0.4, -0.2) is 20.9 Å². The fourth-order valence-electron chi connectivity index (χ4n) is 2.81. The van der Waals surface area contributed by atoms with Crippen LogP contribution in [0.3, 0.4) is 0 Å². The molecule has 2 aromatic carbocycles. The number of benzene rings is 2. The van der Waals surface area contributed by atoms with E-state index in [2.05, 4.69) is 10.4 Å². The molecule has 0 amide bonds. The molecule has 146 valence electrons. The number of hydrogen-bond donors (Lipinski definition) is 2. The van der Waals surface area contributed by atoms with Gasteiger partial charge in [0.1, 0.15) is 23.0 Å². The van der Waals surface area contributed by atoms with E-state index >= 15 is 0 Å². The number of rotatable bonds is 4. The van der Waals surface area contributed by atoms with Crippen LogP contribution in [0.15, 0.2) is 42.5 Å². The topological polar surface area (TPSA) is 67.2 Å². The number of anilines is 2. The summed E-state index contributed by atoms with van der Waals surface area (Å²) >= 11 is 0. The molecule has 0 bridgehead atoms. The van der Waals surface area contributed by atoms with E-state index in [1.165, 1.54) is 28.9 Å². The predicted octanol–water partition coefficient (Wildman–Crippen LogP) is 5.20. The van der Waals surface area contributed by atoms with Crippen molar-refractivity contribution in [1.82, 2.24) is 9.78 Å². The van der Waals surface area contributed by atoms with Crippen LogP contribution in [0, 0.1) is 18.6 Å². The van der Waals surface area contributed by atoms with E-state index in [9.17, 15) is 18.7 Å². The minimum absolute atomic E-state index is 0.0863. The van der Waals surface area contributed by atoms with Crippen LogP contribution < -0.4 is 5.32 Å². The van der Waals surface area contributed by atoms with Crippen molar-refractivity contribution >= 4 is 17.5 Å². The zero-order valence-electron chi connectivity index (χ0n) is 16.0. The largest absolute Gasteiger partial charge is 0.478 e. The molecule has 0 saturated carbocycles. The number of aromatic nitrogens is 2. The summed E-state index contributed by atoms with van der Waals surface area (Å²) in [5.74, 6) is -2.24. The molecule has 0 unspecified atom stereocenters. The van der Waals surface area contributed by atoms with Gasteiger partial charge in [-0.3, -0.25) is 0 Å². The Bertz CT molecular complexity index is 1050. The molecule has 7 heteroatoms. The van der Waals surface area contributed by atoms with Crippen molar-refractivity contribution < 1.29 is 18.7 Å². The lowest BCUT2D eigenvalue weighted by molar-refractivity contribution is 0.0693. The summed E-state index contributed by atoms with van der Waals surface area (Å²) in [6, 6.07) is 10.1. The summed E-state index contributed by atoms with van der Waals surface area (Å²) in [4.78, 5) is 11.5. The van der Waals surface area contributed by atoms with Crippen molar-refractivity contribution in [3.63, 3.8) is 0 Å². The standard InChI is InChI=1S/C21H21F2N3O2/c1-12-8-9-13(22)10-16(12)26-18(11-17(25-26)21(2,3)4)24-15-7-5-6-14(23)19(15)20(27)28/h5-11,24H,1-4H3,(H,27,28). The highest BCUT2D eigenvalue weighted by Crippen LogP contribution is 2.31. The van der Waals surface area contributed by atoms with Crippen LogP contribution in [0.25, 0.3) is 5.69 Å². The van der Waals surface area contributed by atoms with Crippen molar-refractivity contribution in [3.05, 3.63) is 70.9 Å². The first-order valence-electron chi connectivity index (χ1n) is 8.74. The number of carbonyl (C=O) groups is 1. The van der Waals surface area contributed by atoms with Gasteiger partial charge in [0.05, 0.1) is 17.1 Å². The van der Waals surface area contributed by atoms with Crippen LogP contribution in [0.1, 0.15) is 42.4 Å². The summed E-state index contributed by atoms with van der Waals surface area (Å²) in [6.07, 6.45) is 0. The normalized spacial score (nSPS) is 11.5. The Labute approximate surface area is 161 Å². The molecule has 0 saturated heterocycles. The van der Waals surface area contributed by atoms with E-state index in [-0.39, 0.29) is 11.1 Å². The van der Waals surface area contributed by atoms with Gasteiger partial charge >= 0.3 is 5.97 Å². The van der Waals surface area contributed by atoms with Gasteiger partial charge in [0, 0.05) is 11.5 Å². The quantitative estimate of drug-likeness (QED) is 0.648. The van der Waals surface area contributed by atoms with E-state index in [1.54, 1.807) is 12.1 Å². The van der Waals surface area contributed by atoms with E-state index in [0.29, 0.717) is 17.2 Å². The highest BCUT2D eigenvalue weighted by Gasteiger charge is 2.23. The molecule has 1 aromatic heterocycles. The molecule has 0 aliphatic rings. The molecular formula is C21H21F2N3O2. The number of aryl methyl sites for hydroxylation is 1. The average Bonchev–Trinajstić information content (AvgIpc) is 3.01. The number of halogens is 2. The number of nitrogens with one attached hydrogen (secondary N) is 1. The highest BCUT2D eigenvalue weighted by molar-refractivity contribution is 5.95. The molecular weight excluding hydrogens is 364 g/mol. The lowest BCUT2D eigenvalue weighted by Gasteiger charge is -2.14. The maximum Gasteiger partial charge on any atom is 0.340 e. The first kappa shape index (κ1) is 19.5. The van der Waals surface area contributed by atoms with E-state index in [0.717, 1.165) is 11.6 Å². The Morgan fingerprint density at radius 1 is 1.14 bits per heavy atom. The van der Waals surface area contributed by atoms with Crippen molar-refractivity contribution in [3.8, 4) is 5.69 Å². The van der Waals surface area contributed by atoms with E-state index < -0.39 is 23.2 Å². The van der Waals surface area contributed by atoms with E-state index in [4.69, 9.17) is 0 Å². The Morgan fingerprint density at radius 2 is 1.86 bits per heavy atom. The Hall–Kier alpha value is -3.22. The first-order valence-corrected chi connectivity index (χ1v) is 8.74. The van der Waals surface area contributed by atoms with Crippen LogP contribution in [0.2, 0.25) is 0 Å². The Morgan fingerprint density at radius 3 is 2.50 bits per heavy atom. The molecule has 1 heterocycles. The second-order valence-corrected chi connectivity index (χ2v) is 7.60. The molecule has 28 heavy (non-hydrogen) atoms. The monoisotopic (exact) mass is 385 g/mol. The predicted molar refractivity (Wildman–Crippen MR) is 104 cm³/mol. The molecule has 2 N–H and O–H groups in total. The van der Waals surface area contributed by atoms with Crippen molar-refractivity contribution in [1.29, 1.82) is 0 Å². The van der Waals surface area contributed by atoms with Gasteiger partial charge in [-0.05, 0) is 36.8 Å². The number of hydrogen-bond acceptors (Lipinski definition) is 3. The summed E-state index contributed by atoms with van der Waals surface area (Å²) in [5.41, 5.74) is 1.32. The maximum atomic E-state index is 14.0. The summed E-state index contributed by atoms with van der Waals surface area (Å²) in [7, 11) is 0. The van der Waals surface area contributed by atoms with Crippen LogP contribution in [0.4, 0.5) is 20.3 Å². The van der Waals surface area contributed by atoms with Gasteiger partial charge in [-0.25, -0.2) is 18.3 Å². The molecule has 0 aliphatic carbocycles. The first-order chi connectivity index (χ1) is 13.1. The van der Waals surface area contributed by atoms with Gasteiger partial charge in [-0.1, -0.05) is 32.9 Å². The number of carboxylic acids is 1. The van der Waals surface area contributed by atoms with Gasteiger partial charge in [0.25, 0.3) is 0 Å². The molecule has 3 rings (SSSR count). The highest BCUT2D eigenvalue weighted by atomic mass is 19.1. The molecule has 0 spiro atoms. The molecule has 0 radical (unpaired) electrons. The summed E-state index contributed by atoms with van der Waals surface area (Å²) < 4.78 is 29.4. The van der Waals surface area contributed by atoms with Crippen molar-refractivity contribution in [2.75, 3.05) is 5.32 Å². The Balaban J connectivity index is 2.19. The lowest BCUT2D eigenvalue weighted by Crippen LogP contribution is -2.13. The van der Waals surface area contributed by atoms with Gasteiger partial charge in [0.2, 0.25) is 0 Å². The third-order valence-electron chi connectivity index (χ3n) is 4.37. The molecule has 0 aliphatic heterocycles. The minimum atomic E-state index is -1.38. The summed E-state index contributed by atoms with van der Waals surface area (Å²) in [5, 5.41) is 16.9. The van der Waals surface area contributed by atoms with Gasteiger partial charge < -0.3 is 10.4 Å². The van der Waals surface area contributed by atoms with Gasteiger partial charge in [-0.15, -0.1) is 0 Å². The lowest BCUT2D eigenvalue weighted by atomic mass is 9.92. The number of carboxylic acid groups (broad SMARTS) is 1. The molecule has 5 nitrogen and oxygen atoms in total.